The Bertz CT molecular complexity index is 1930. The number of nitrogens with zero attached hydrogens (tertiary/aromatic N) is 3. The van der Waals surface area contributed by atoms with E-state index in [1.165, 1.54) is 18.4 Å². The van der Waals surface area contributed by atoms with Crippen LogP contribution in [0.3, 0.4) is 0 Å². The predicted molar refractivity (Wildman–Crippen MR) is 168 cm³/mol. The Morgan fingerprint density at radius 3 is 2.58 bits per heavy atom. The highest BCUT2D eigenvalue weighted by Gasteiger charge is 2.35. The first-order chi connectivity index (χ1) is 20.9. The van der Waals surface area contributed by atoms with Crippen molar-refractivity contribution in [3.63, 3.8) is 0 Å². The number of carbonyl (C=O) groups is 1. The highest BCUT2D eigenvalue weighted by molar-refractivity contribution is 7.98. The molecule has 5 rings (SSSR count). The number of rotatable bonds is 9. The standard InChI is InChI=1S/C32H26ClN3O5S2/c1-4-40-31(38)26-27(20-8-6-5-7-9-20)35-32-36(28(26)21-10-12-22(42-3)13-11-21)30(37)25(43-32)18-19-16-23(33)29(41-15-14-34)24(17-19)39-2/h5-13,16-18,28H,4,15H2,1-3H3/b25-18-/t28-/m0/s1. The number of nitriles is 1. The fraction of sp³-hybridized carbons (Fsp3) is 0.188. The summed E-state index contributed by atoms with van der Waals surface area (Å²) >= 11 is 9.27. The molecule has 11 heteroatoms. The number of benzene rings is 3. The molecule has 0 spiro atoms. The van der Waals surface area contributed by atoms with Crippen LogP contribution in [-0.2, 0) is 9.53 Å². The van der Waals surface area contributed by atoms with E-state index in [-0.39, 0.29) is 35.1 Å². The van der Waals surface area contributed by atoms with Gasteiger partial charge in [-0.1, -0.05) is 65.4 Å². The van der Waals surface area contributed by atoms with Gasteiger partial charge in [0.05, 0.1) is 40.6 Å². The molecule has 4 aromatic rings. The Hall–Kier alpha value is -4.30. The fourth-order valence-corrected chi connectivity index (χ4v) is 6.44. The van der Waals surface area contributed by atoms with Gasteiger partial charge < -0.3 is 14.2 Å². The number of thiazole rings is 1. The highest BCUT2D eigenvalue weighted by atomic mass is 35.5. The molecule has 0 saturated heterocycles. The monoisotopic (exact) mass is 631 g/mol. The second-order valence-corrected chi connectivity index (χ2v) is 11.5. The molecule has 0 aliphatic carbocycles. The van der Waals surface area contributed by atoms with E-state index in [4.69, 9.17) is 36.1 Å². The molecule has 8 nitrogen and oxygen atoms in total. The fourth-order valence-electron chi connectivity index (χ4n) is 4.76. The number of carbonyl (C=O) groups excluding carboxylic acids is 1. The topological polar surface area (TPSA) is 103 Å². The SMILES string of the molecule is CCOC(=O)C1=C(c2ccccc2)N=c2s/c(=C\c3cc(Cl)c(OCC#N)c(OC)c3)c(=O)n2[C@H]1c1ccc(SC)cc1. The van der Waals surface area contributed by atoms with Gasteiger partial charge in [0.1, 0.15) is 6.07 Å². The molecule has 0 fully saturated rings. The van der Waals surface area contributed by atoms with Gasteiger partial charge in [0, 0.05) is 10.5 Å². The van der Waals surface area contributed by atoms with Crippen LogP contribution in [-0.4, -0.2) is 37.1 Å². The third-order valence-electron chi connectivity index (χ3n) is 6.64. The lowest BCUT2D eigenvalue weighted by molar-refractivity contribution is -0.138. The van der Waals surface area contributed by atoms with Crippen LogP contribution in [0.15, 0.2) is 87.0 Å². The minimum Gasteiger partial charge on any atom is -0.493 e. The van der Waals surface area contributed by atoms with Crippen LogP contribution in [0.2, 0.25) is 5.02 Å². The van der Waals surface area contributed by atoms with Crippen molar-refractivity contribution in [2.24, 2.45) is 4.99 Å². The van der Waals surface area contributed by atoms with E-state index in [9.17, 15) is 9.59 Å². The average Bonchev–Trinajstić information content (AvgIpc) is 3.34. The average molecular weight is 632 g/mol. The molecule has 1 aromatic heterocycles. The molecule has 0 N–H and O–H groups in total. The van der Waals surface area contributed by atoms with Gasteiger partial charge in [-0.05, 0) is 54.6 Å². The first-order valence-electron chi connectivity index (χ1n) is 13.2. The number of hydrogen-bond acceptors (Lipinski definition) is 9. The quantitative estimate of drug-likeness (QED) is 0.184. The van der Waals surface area contributed by atoms with E-state index in [1.807, 2.05) is 66.9 Å². The zero-order chi connectivity index (χ0) is 30.5. The van der Waals surface area contributed by atoms with Crippen molar-refractivity contribution < 1.29 is 19.0 Å². The van der Waals surface area contributed by atoms with E-state index < -0.39 is 12.0 Å². The van der Waals surface area contributed by atoms with Crippen molar-refractivity contribution in [3.05, 3.63) is 114 Å². The maximum atomic E-state index is 14.1. The molecule has 1 aliphatic heterocycles. The van der Waals surface area contributed by atoms with Crippen LogP contribution in [0.25, 0.3) is 11.8 Å². The molecular weight excluding hydrogens is 606 g/mol. The molecule has 2 heterocycles. The summed E-state index contributed by atoms with van der Waals surface area (Å²) in [5.41, 5.74) is 2.49. The molecule has 0 saturated carbocycles. The number of methoxy groups -OCH3 is 1. The molecule has 0 bridgehead atoms. The van der Waals surface area contributed by atoms with Gasteiger partial charge in [0.15, 0.2) is 22.9 Å². The summed E-state index contributed by atoms with van der Waals surface area (Å²) in [6, 6.07) is 21.6. The van der Waals surface area contributed by atoms with Crippen molar-refractivity contribution in [1.29, 1.82) is 5.26 Å². The second kappa shape index (κ2) is 13.3. The lowest BCUT2D eigenvalue weighted by Gasteiger charge is -2.26. The van der Waals surface area contributed by atoms with Gasteiger partial charge in [-0.3, -0.25) is 9.36 Å². The van der Waals surface area contributed by atoms with Gasteiger partial charge >= 0.3 is 5.97 Å². The van der Waals surface area contributed by atoms with Crippen LogP contribution in [0.1, 0.15) is 29.7 Å². The summed E-state index contributed by atoms with van der Waals surface area (Å²) in [6.07, 6.45) is 3.68. The second-order valence-electron chi connectivity index (χ2n) is 9.19. The molecule has 218 valence electrons. The molecule has 3 aromatic carbocycles. The van der Waals surface area contributed by atoms with E-state index in [1.54, 1.807) is 41.5 Å². The summed E-state index contributed by atoms with van der Waals surface area (Å²) < 4.78 is 18.3. The van der Waals surface area contributed by atoms with Gasteiger partial charge in [-0.25, -0.2) is 9.79 Å². The van der Waals surface area contributed by atoms with Gasteiger partial charge in [-0.15, -0.1) is 11.8 Å². The Balaban J connectivity index is 1.77. The van der Waals surface area contributed by atoms with Gasteiger partial charge in [-0.2, -0.15) is 5.26 Å². The largest absolute Gasteiger partial charge is 0.493 e. The molecule has 43 heavy (non-hydrogen) atoms. The van der Waals surface area contributed by atoms with Crippen LogP contribution in [0.4, 0.5) is 0 Å². The minimum absolute atomic E-state index is 0.170. The molecule has 1 aliphatic rings. The third-order valence-corrected chi connectivity index (χ3v) is 8.64. The molecule has 0 unspecified atom stereocenters. The van der Waals surface area contributed by atoms with Crippen molar-refractivity contribution >= 4 is 52.4 Å². The maximum absolute atomic E-state index is 14.1. The Labute approximate surface area is 261 Å². The van der Waals surface area contributed by atoms with Crippen LogP contribution >= 0.6 is 34.7 Å². The van der Waals surface area contributed by atoms with Crippen molar-refractivity contribution in [1.82, 2.24) is 4.57 Å². The molecule has 1 atom stereocenters. The number of fused-ring (bicyclic) bond motifs is 1. The number of hydrogen-bond donors (Lipinski definition) is 0. The first-order valence-corrected chi connectivity index (χ1v) is 15.6. The van der Waals surface area contributed by atoms with Gasteiger partial charge in [0.25, 0.3) is 5.56 Å². The van der Waals surface area contributed by atoms with Crippen molar-refractivity contribution in [2.75, 3.05) is 26.6 Å². The first kappa shape index (κ1) is 30.2. The van der Waals surface area contributed by atoms with E-state index in [0.29, 0.717) is 26.3 Å². The summed E-state index contributed by atoms with van der Waals surface area (Å²) in [5, 5.41) is 9.14. The third kappa shape index (κ3) is 6.11. The van der Waals surface area contributed by atoms with Crippen molar-refractivity contribution in [3.8, 4) is 17.6 Å². The predicted octanol–water partition coefficient (Wildman–Crippen LogP) is 5.22. The lowest BCUT2D eigenvalue weighted by Crippen LogP contribution is -2.40. The van der Waals surface area contributed by atoms with E-state index >= 15 is 0 Å². The zero-order valence-electron chi connectivity index (χ0n) is 23.5. The minimum atomic E-state index is -0.775. The zero-order valence-corrected chi connectivity index (χ0v) is 25.9. The summed E-state index contributed by atoms with van der Waals surface area (Å²) in [5.74, 6) is 0.0249. The Morgan fingerprint density at radius 2 is 1.93 bits per heavy atom. The van der Waals surface area contributed by atoms with E-state index in [2.05, 4.69) is 0 Å². The number of aromatic nitrogens is 1. The number of halogens is 1. The van der Waals surface area contributed by atoms with Gasteiger partial charge in [0.2, 0.25) is 0 Å². The van der Waals surface area contributed by atoms with Crippen LogP contribution < -0.4 is 24.4 Å². The summed E-state index contributed by atoms with van der Waals surface area (Å²) in [4.78, 5) is 34.1. The highest BCUT2D eigenvalue weighted by Crippen LogP contribution is 2.37. The number of esters is 1. The number of ether oxygens (including phenoxy) is 3. The van der Waals surface area contributed by atoms with E-state index in [0.717, 1.165) is 16.0 Å². The van der Waals surface area contributed by atoms with Crippen LogP contribution in [0.5, 0.6) is 11.5 Å². The van der Waals surface area contributed by atoms with Crippen LogP contribution in [0, 0.1) is 11.3 Å². The Morgan fingerprint density at radius 1 is 1.19 bits per heavy atom. The Kier molecular flexibility index (Phi) is 9.36. The normalized spacial score (nSPS) is 14.5. The smallest absolute Gasteiger partial charge is 0.338 e. The summed E-state index contributed by atoms with van der Waals surface area (Å²) in [7, 11) is 1.47. The number of thioether (sulfide) groups is 1. The van der Waals surface area contributed by atoms with Crippen molar-refractivity contribution in [2.45, 2.75) is 17.9 Å². The lowest BCUT2D eigenvalue weighted by atomic mass is 9.93. The molecular formula is C32H26ClN3O5S2. The molecule has 0 amide bonds. The molecule has 0 radical (unpaired) electrons. The maximum Gasteiger partial charge on any atom is 0.338 e. The summed E-state index contributed by atoms with van der Waals surface area (Å²) in [6.45, 7) is 1.72.